The lowest BCUT2D eigenvalue weighted by Gasteiger charge is -2.42. The lowest BCUT2D eigenvalue weighted by Crippen LogP contribution is -2.46. The van der Waals surface area contributed by atoms with Crippen molar-refractivity contribution in [3.63, 3.8) is 0 Å². The van der Waals surface area contributed by atoms with Gasteiger partial charge in [-0.05, 0) is 86.4 Å². The van der Waals surface area contributed by atoms with Crippen LogP contribution in [0.4, 0.5) is 15.8 Å². The number of hydrogen-bond acceptors (Lipinski definition) is 3. The summed E-state index contributed by atoms with van der Waals surface area (Å²) >= 11 is 0. The maximum absolute atomic E-state index is 13.3. The second-order valence-electron chi connectivity index (χ2n) is 9.19. The fourth-order valence-corrected chi connectivity index (χ4v) is 5.19. The Morgan fingerprint density at radius 1 is 1.03 bits per heavy atom. The van der Waals surface area contributed by atoms with Crippen LogP contribution < -0.4 is 10.2 Å². The third-order valence-corrected chi connectivity index (χ3v) is 7.22. The first kappa shape index (κ1) is 21.1. The Hall–Kier alpha value is -2.73. The number of halogens is 1. The molecule has 168 valence electrons. The summed E-state index contributed by atoms with van der Waals surface area (Å²) in [5, 5.41) is 2.97. The van der Waals surface area contributed by atoms with Crippen molar-refractivity contribution in [3.05, 3.63) is 59.4 Å². The summed E-state index contributed by atoms with van der Waals surface area (Å²) in [7, 11) is 0. The summed E-state index contributed by atoms with van der Waals surface area (Å²) in [5.74, 6) is -0.311. The first-order valence-electron chi connectivity index (χ1n) is 11.7. The monoisotopic (exact) mass is 436 g/mol. The lowest BCUT2D eigenvalue weighted by atomic mass is 9.63. The van der Waals surface area contributed by atoms with E-state index in [0.717, 1.165) is 68.2 Å². The van der Waals surface area contributed by atoms with E-state index in [-0.39, 0.29) is 23.7 Å². The zero-order valence-corrected chi connectivity index (χ0v) is 18.2. The van der Waals surface area contributed by atoms with Gasteiger partial charge in [0.1, 0.15) is 11.9 Å². The topological polar surface area (TPSA) is 58.6 Å². The molecular weight excluding hydrogens is 407 g/mol. The van der Waals surface area contributed by atoms with Crippen LogP contribution in [0.1, 0.15) is 56.1 Å². The van der Waals surface area contributed by atoms with Crippen LogP contribution in [0, 0.1) is 5.82 Å². The molecule has 0 spiro atoms. The second-order valence-corrected chi connectivity index (χ2v) is 9.19. The number of anilines is 2. The van der Waals surface area contributed by atoms with Crippen molar-refractivity contribution in [2.24, 2.45) is 0 Å². The van der Waals surface area contributed by atoms with Gasteiger partial charge in [0.15, 0.2) is 0 Å². The van der Waals surface area contributed by atoms with E-state index in [0.29, 0.717) is 18.8 Å². The van der Waals surface area contributed by atoms with E-state index in [9.17, 15) is 14.0 Å². The van der Waals surface area contributed by atoms with E-state index < -0.39 is 5.41 Å². The maximum atomic E-state index is 13.3. The normalized spacial score (nSPS) is 21.9. The summed E-state index contributed by atoms with van der Waals surface area (Å²) < 4.78 is 19.0. The third kappa shape index (κ3) is 3.81. The van der Waals surface area contributed by atoms with Gasteiger partial charge in [-0.15, -0.1) is 0 Å². The number of ether oxygens (including phenoxy) is 1. The molecule has 2 amide bonds. The second kappa shape index (κ2) is 8.66. The van der Waals surface area contributed by atoms with Crippen molar-refractivity contribution in [1.29, 1.82) is 0 Å². The fourth-order valence-electron chi connectivity index (χ4n) is 5.19. The molecule has 5 nitrogen and oxygen atoms in total. The average Bonchev–Trinajstić information content (AvgIpc) is 2.79. The quantitative estimate of drug-likeness (QED) is 0.754. The highest BCUT2D eigenvalue weighted by atomic mass is 19.1. The molecule has 3 aliphatic rings. The number of nitrogens with zero attached hydrogens (tertiary/aromatic N) is 1. The smallest absolute Gasteiger partial charge is 0.256 e. The number of amides is 2. The third-order valence-electron chi connectivity index (χ3n) is 7.22. The predicted molar refractivity (Wildman–Crippen MR) is 121 cm³/mol. The highest BCUT2D eigenvalue weighted by Gasteiger charge is 2.46. The highest BCUT2D eigenvalue weighted by molar-refractivity contribution is 6.01. The van der Waals surface area contributed by atoms with Crippen LogP contribution in [0.15, 0.2) is 42.5 Å². The lowest BCUT2D eigenvalue weighted by molar-refractivity contribution is -0.132. The Bertz CT molecular complexity index is 1010. The summed E-state index contributed by atoms with van der Waals surface area (Å²) in [6.07, 6.45) is 6.88. The van der Waals surface area contributed by atoms with Crippen molar-refractivity contribution in [3.8, 4) is 0 Å². The van der Waals surface area contributed by atoms with E-state index in [1.807, 2.05) is 17.0 Å². The molecule has 1 atom stereocenters. The molecule has 0 aromatic heterocycles. The van der Waals surface area contributed by atoms with Crippen molar-refractivity contribution >= 4 is 23.2 Å². The van der Waals surface area contributed by atoms with Gasteiger partial charge in [-0.25, -0.2) is 4.39 Å². The first-order valence-corrected chi connectivity index (χ1v) is 11.7. The number of aryl methyl sites for hydroxylation is 1. The van der Waals surface area contributed by atoms with Crippen LogP contribution >= 0.6 is 0 Å². The minimum atomic E-state index is -0.567. The Morgan fingerprint density at radius 2 is 1.84 bits per heavy atom. The van der Waals surface area contributed by atoms with Gasteiger partial charge in [0, 0.05) is 24.5 Å². The van der Waals surface area contributed by atoms with Crippen LogP contribution in [-0.4, -0.2) is 31.1 Å². The maximum Gasteiger partial charge on any atom is 0.256 e. The molecule has 1 N–H and O–H groups in total. The minimum Gasteiger partial charge on any atom is -0.368 e. The molecule has 0 bridgehead atoms. The predicted octanol–water partition coefficient (Wildman–Crippen LogP) is 4.73. The summed E-state index contributed by atoms with van der Waals surface area (Å²) in [6, 6.07) is 12.0. The first-order chi connectivity index (χ1) is 15.6. The number of benzene rings is 2. The number of rotatable bonds is 4. The standard InChI is InChI=1S/C26H29FN2O3/c27-20-8-10-21(11-9-20)28-25(31)26(13-4-14-26)19-7-12-22-18(17-19)5-3-15-29(22)24(30)23-6-1-2-16-32-23/h7-12,17,23H,1-6,13-16H2,(H,28,31)/t23-/m0/s1. The molecule has 1 saturated heterocycles. The molecule has 5 rings (SSSR count). The van der Waals surface area contributed by atoms with E-state index in [1.165, 1.54) is 12.1 Å². The van der Waals surface area contributed by atoms with Gasteiger partial charge < -0.3 is 15.0 Å². The molecule has 1 aliphatic carbocycles. The number of nitrogens with one attached hydrogen (secondary N) is 1. The van der Waals surface area contributed by atoms with Gasteiger partial charge in [0.05, 0.1) is 5.41 Å². The van der Waals surface area contributed by atoms with E-state index in [2.05, 4.69) is 11.4 Å². The molecule has 2 aromatic carbocycles. The zero-order chi connectivity index (χ0) is 22.1. The summed E-state index contributed by atoms with van der Waals surface area (Å²) in [6.45, 7) is 1.36. The molecular formula is C26H29FN2O3. The van der Waals surface area contributed by atoms with E-state index in [4.69, 9.17) is 4.74 Å². The van der Waals surface area contributed by atoms with Gasteiger partial charge >= 0.3 is 0 Å². The van der Waals surface area contributed by atoms with E-state index >= 15 is 0 Å². The molecule has 0 radical (unpaired) electrons. The number of carbonyl (C=O) groups excluding carboxylic acids is 2. The molecule has 1 saturated carbocycles. The SMILES string of the molecule is O=C([C@@H]1CCCCO1)N1CCCc2cc(C3(C(=O)Nc4ccc(F)cc4)CCC3)ccc21. The van der Waals surface area contributed by atoms with E-state index in [1.54, 1.807) is 12.1 Å². The Balaban J connectivity index is 1.39. The largest absolute Gasteiger partial charge is 0.368 e. The Morgan fingerprint density at radius 3 is 2.53 bits per heavy atom. The van der Waals surface area contributed by atoms with Gasteiger partial charge in [-0.1, -0.05) is 18.6 Å². The fraction of sp³-hybridized carbons (Fsp3) is 0.462. The van der Waals surface area contributed by atoms with Crippen molar-refractivity contribution < 1.29 is 18.7 Å². The molecule has 0 unspecified atom stereocenters. The van der Waals surface area contributed by atoms with Crippen LogP contribution in [0.3, 0.4) is 0 Å². The minimum absolute atomic E-state index is 0.0466. The summed E-state index contributed by atoms with van der Waals surface area (Å²) in [5.41, 5.74) is 3.11. The number of hydrogen-bond donors (Lipinski definition) is 1. The number of carbonyl (C=O) groups is 2. The van der Waals surface area contributed by atoms with Gasteiger partial charge in [0.25, 0.3) is 5.91 Å². The van der Waals surface area contributed by atoms with Crippen LogP contribution in [0.2, 0.25) is 0 Å². The van der Waals surface area contributed by atoms with Crippen molar-refractivity contribution in [2.45, 2.75) is 62.9 Å². The summed E-state index contributed by atoms with van der Waals surface area (Å²) in [4.78, 5) is 28.3. The van der Waals surface area contributed by atoms with Crippen LogP contribution in [-0.2, 0) is 26.2 Å². The Labute approximate surface area is 187 Å². The highest BCUT2D eigenvalue weighted by Crippen LogP contribution is 2.46. The van der Waals surface area contributed by atoms with Gasteiger partial charge in [-0.3, -0.25) is 9.59 Å². The van der Waals surface area contributed by atoms with Crippen molar-refractivity contribution in [2.75, 3.05) is 23.4 Å². The Kier molecular flexibility index (Phi) is 5.72. The van der Waals surface area contributed by atoms with Crippen LogP contribution in [0.25, 0.3) is 0 Å². The van der Waals surface area contributed by atoms with Crippen LogP contribution in [0.5, 0.6) is 0 Å². The van der Waals surface area contributed by atoms with Gasteiger partial charge in [0.2, 0.25) is 5.91 Å². The molecule has 2 aliphatic heterocycles. The molecule has 2 heterocycles. The molecule has 32 heavy (non-hydrogen) atoms. The van der Waals surface area contributed by atoms with Gasteiger partial charge in [-0.2, -0.15) is 0 Å². The van der Waals surface area contributed by atoms with Crippen molar-refractivity contribution in [1.82, 2.24) is 0 Å². The average molecular weight is 437 g/mol. The molecule has 6 heteroatoms. The molecule has 2 fully saturated rings. The molecule has 2 aromatic rings. The number of fused-ring (bicyclic) bond motifs is 1. The zero-order valence-electron chi connectivity index (χ0n) is 18.2.